The molecule has 2 fully saturated rings. The number of aromatic nitrogens is 2. The molecule has 4 heterocycles. The average Bonchev–Trinajstić information content (AvgIpc) is 3.57. The Morgan fingerprint density at radius 1 is 1.15 bits per heavy atom. The van der Waals surface area contributed by atoms with Gasteiger partial charge in [0.25, 0.3) is 5.95 Å². The van der Waals surface area contributed by atoms with Gasteiger partial charge in [-0.3, -0.25) is 18.6 Å². The van der Waals surface area contributed by atoms with E-state index in [9.17, 15) is 14.5 Å². The molecular weight excluding hydrogens is 675 g/mol. The number of halogens is 1. The van der Waals surface area contributed by atoms with Gasteiger partial charge in [0.1, 0.15) is 18.3 Å². The summed E-state index contributed by atoms with van der Waals surface area (Å²) in [6, 6.07) is 0.0583. The molecule has 0 aromatic carbocycles. The van der Waals surface area contributed by atoms with Gasteiger partial charge in [-0.15, -0.1) is 0 Å². The van der Waals surface area contributed by atoms with Crippen LogP contribution >= 0.6 is 19.2 Å². The van der Waals surface area contributed by atoms with Gasteiger partial charge in [-0.2, -0.15) is 0 Å². The Morgan fingerprint density at radius 3 is 2.60 bits per heavy atom. The molecular formula is C30H46ClN4O12P. The van der Waals surface area contributed by atoms with Gasteiger partial charge in [-0.25, -0.2) is 14.8 Å². The molecule has 0 saturated carbocycles. The molecule has 4 rings (SSSR count). The van der Waals surface area contributed by atoms with E-state index >= 15 is 0 Å². The molecule has 16 nitrogen and oxygen atoms in total. The van der Waals surface area contributed by atoms with E-state index in [0.717, 1.165) is 17.7 Å². The van der Waals surface area contributed by atoms with Gasteiger partial charge >= 0.3 is 13.8 Å². The highest BCUT2D eigenvalue weighted by Gasteiger charge is 2.37. The lowest BCUT2D eigenvalue weighted by Gasteiger charge is -2.21. The fourth-order valence-electron chi connectivity index (χ4n) is 5.16. The fraction of sp³-hybridized carbons (Fsp3) is 0.733. The summed E-state index contributed by atoms with van der Waals surface area (Å²) >= 11 is 6.23. The normalized spacial score (nSPS) is 25.0. The molecule has 18 heteroatoms. The lowest BCUT2D eigenvalue weighted by molar-refractivity contribution is -0.0629. The van der Waals surface area contributed by atoms with Crippen molar-refractivity contribution in [3.8, 4) is 0 Å². The number of aliphatic hydroxyl groups excluding tert-OH is 1. The zero-order chi connectivity index (χ0) is 34.7. The highest BCUT2D eigenvalue weighted by atomic mass is 35.5. The Bertz CT molecular complexity index is 1270. The number of nitrogens with zero attached hydrogens (tertiary/aromatic N) is 3. The number of anilines is 1. The molecule has 0 bridgehead atoms. The number of rotatable bonds is 18. The molecule has 2 unspecified atom stereocenters. The topological polar surface area (TPSA) is 188 Å². The minimum Gasteiger partial charge on any atom is -0.463 e. The van der Waals surface area contributed by atoms with Gasteiger partial charge in [-0.05, 0) is 71.6 Å². The predicted molar refractivity (Wildman–Crippen MR) is 173 cm³/mol. The Kier molecular flexibility index (Phi) is 14.7. The Hall–Kier alpha value is -2.56. The zero-order valence-corrected chi connectivity index (χ0v) is 29.4. The van der Waals surface area contributed by atoms with E-state index < -0.39 is 52.0 Å². The van der Waals surface area contributed by atoms with E-state index in [1.165, 1.54) is 0 Å². The SMILES string of the molecule is C=C(OCOP(=O)(COC[C@H]1OC(C[C@H]2CCc3nc(Cl)nc(N[C@H]4CCOC4)c3C=N2)C[C@@H]1O)OCOC(=O)OC(C)C)OC(C)C. The van der Waals surface area contributed by atoms with Crippen LogP contribution in [0.4, 0.5) is 10.6 Å². The molecule has 0 amide bonds. The first-order valence-corrected chi connectivity index (χ1v) is 18.0. The number of aliphatic imine (C=N–C) groups is 1. The van der Waals surface area contributed by atoms with Crippen molar-refractivity contribution in [2.45, 2.75) is 102 Å². The fourth-order valence-corrected chi connectivity index (χ4v) is 6.33. The Balaban J connectivity index is 1.27. The number of nitrogens with one attached hydrogen (secondary N) is 1. The number of aryl methyl sites for hydroxylation is 1. The van der Waals surface area contributed by atoms with Crippen molar-refractivity contribution in [2.75, 3.05) is 45.1 Å². The third-order valence-corrected chi connectivity index (χ3v) is 9.02. The summed E-state index contributed by atoms with van der Waals surface area (Å²) in [6.07, 6.45) is 0.963. The van der Waals surface area contributed by atoms with E-state index in [2.05, 4.69) is 21.9 Å². The van der Waals surface area contributed by atoms with Crippen molar-refractivity contribution in [2.24, 2.45) is 4.99 Å². The molecule has 0 radical (unpaired) electrons. The van der Waals surface area contributed by atoms with Crippen molar-refractivity contribution in [1.82, 2.24) is 9.97 Å². The summed E-state index contributed by atoms with van der Waals surface area (Å²) in [6.45, 7) is 10.4. The van der Waals surface area contributed by atoms with Gasteiger partial charge in [-0.1, -0.05) is 0 Å². The largest absolute Gasteiger partial charge is 0.510 e. The molecule has 2 saturated heterocycles. The Morgan fingerprint density at radius 2 is 1.90 bits per heavy atom. The molecule has 270 valence electrons. The summed E-state index contributed by atoms with van der Waals surface area (Å²) in [5, 5.41) is 14.3. The number of carbonyl (C=O) groups is 1. The smallest absolute Gasteiger partial charge is 0.463 e. The maximum Gasteiger partial charge on any atom is 0.510 e. The van der Waals surface area contributed by atoms with Crippen LogP contribution < -0.4 is 5.32 Å². The van der Waals surface area contributed by atoms with Gasteiger partial charge in [0.05, 0.1) is 61.0 Å². The van der Waals surface area contributed by atoms with Gasteiger partial charge in [0, 0.05) is 19.2 Å². The van der Waals surface area contributed by atoms with Crippen LogP contribution in [0.1, 0.15) is 64.6 Å². The number of aliphatic hydroxyl groups is 1. The molecule has 2 N–H and O–H groups in total. The maximum absolute atomic E-state index is 13.4. The van der Waals surface area contributed by atoms with Crippen LogP contribution in [0.3, 0.4) is 0 Å². The molecule has 3 aliphatic rings. The molecule has 0 aliphatic carbocycles. The quantitative estimate of drug-likeness (QED) is 0.0706. The van der Waals surface area contributed by atoms with Gasteiger partial charge in [0.2, 0.25) is 18.9 Å². The molecule has 48 heavy (non-hydrogen) atoms. The lowest BCUT2D eigenvalue weighted by Crippen LogP contribution is -2.27. The summed E-state index contributed by atoms with van der Waals surface area (Å²) in [5.41, 5.74) is 1.63. The molecule has 0 spiro atoms. The van der Waals surface area contributed by atoms with Crippen LogP contribution in [0.15, 0.2) is 17.5 Å². The van der Waals surface area contributed by atoms with E-state index in [1.54, 1.807) is 33.9 Å². The molecule has 6 atom stereocenters. The van der Waals surface area contributed by atoms with Crippen molar-refractivity contribution < 1.29 is 56.7 Å². The third kappa shape index (κ3) is 12.4. The van der Waals surface area contributed by atoms with Crippen molar-refractivity contribution in [1.29, 1.82) is 0 Å². The number of ether oxygens (including phenoxy) is 7. The second-order valence-corrected chi connectivity index (χ2v) is 14.4. The third-order valence-electron chi connectivity index (χ3n) is 7.36. The zero-order valence-electron chi connectivity index (χ0n) is 27.7. The van der Waals surface area contributed by atoms with Gasteiger partial charge in [0.15, 0.2) is 0 Å². The summed E-state index contributed by atoms with van der Waals surface area (Å²) in [5.74, 6) is 0.597. The molecule has 1 aromatic heterocycles. The molecule has 1 aromatic rings. The van der Waals surface area contributed by atoms with Crippen LogP contribution in [0.5, 0.6) is 0 Å². The maximum atomic E-state index is 13.4. The van der Waals surface area contributed by atoms with Crippen LogP contribution in [-0.2, 0) is 53.2 Å². The van der Waals surface area contributed by atoms with E-state index in [-0.39, 0.29) is 42.1 Å². The summed E-state index contributed by atoms with van der Waals surface area (Å²) in [7, 11) is -4.04. The Labute approximate surface area is 285 Å². The first-order chi connectivity index (χ1) is 22.9. The van der Waals surface area contributed by atoms with Crippen molar-refractivity contribution in [3.63, 3.8) is 0 Å². The van der Waals surface area contributed by atoms with Crippen LogP contribution in [0, 0.1) is 0 Å². The minimum atomic E-state index is -4.04. The van der Waals surface area contributed by atoms with Crippen LogP contribution in [0.2, 0.25) is 5.28 Å². The standard InChI is InChI=1S/C30H46ClN4O12P/c1-18(2)45-20(5)41-15-43-48(38,44-16-42-30(37)46-19(3)4)17-40-14-27-26(36)11-23(47-27)10-21-6-7-25-24(12-32-21)28(35-29(31)34-25)33-22-8-9-39-13-22/h12,18-19,21-23,26-27,36H,5-11,13-17H2,1-4H3,(H,33,34,35)/t21-,22+,23?,26+,27-,48?/m1/s1. The van der Waals surface area contributed by atoms with E-state index in [4.69, 9.17) is 58.8 Å². The highest BCUT2D eigenvalue weighted by Crippen LogP contribution is 2.48. The second-order valence-electron chi connectivity index (χ2n) is 12.1. The highest BCUT2D eigenvalue weighted by molar-refractivity contribution is 7.53. The second kappa shape index (κ2) is 18.4. The number of hydrogen-bond acceptors (Lipinski definition) is 16. The lowest BCUT2D eigenvalue weighted by atomic mass is 10.0. The first-order valence-electron chi connectivity index (χ1n) is 15.9. The number of fused-ring (bicyclic) bond motifs is 1. The molecule has 3 aliphatic heterocycles. The van der Waals surface area contributed by atoms with E-state index in [0.29, 0.717) is 44.7 Å². The monoisotopic (exact) mass is 720 g/mol. The first kappa shape index (κ1) is 38.2. The van der Waals surface area contributed by atoms with E-state index in [1.807, 2.05) is 0 Å². The minimum absolute atomic E-state index is 0.0438. The number of carbonyl (C=O) groups excluding carboxylic acids is 1. The van der Waals surface area contributed by atoms with Crippen molar-refractivity contribution in [3.05, 3.63) is 29.1 Å². The van der Waals surface area contributed by atoms with Crippen LogP contribution in [0.25, 0.3) is 0 Å². The summed E-state index contributed by atoms with van der Waals surface area (Å²) < 4.78 is 61.3. The predicted octanol–water partition coefficient (Wildman–Crippen LogP) is 4.56. The summed E-state index contributed by atoms with van der Waals surface area (Å²) in [4.78, 5) is 25.3. The van der Waals surface area contributed by atoms with Crippen molar-refractivity contribution >= 4 is 37.4 Å². The number of hydrogen-bond donors (Lipinski definition) is 2. The average molecular weight is 721 g/mol. The van der Waals surface area contributed by atoms with Gasteiger partial charge < -0.3 is 43.6 Å². The van der Waals surface area contributed by atoms with Crippen LogP contribution in [-0.4, -0.2) is 110 Å².